The maximum atomic E-state index is 5.91. The van der Waals surface area contributed by atoms with E-state index in [4.69, 9.17) is 9.73 Å². The number of aliphatic imine (C=N–C) groups is 1. The van der Waals surface area contributed by atoms with Crippen molar-refractivity contribution in [2.24, 2.45) is 4.99 Å². The van der Waals surface area contributed by atoms with Crippen molar-refractivity contribution in [3.63, 3.8) is 0 Å². The predicted molar refractivity (Wildman–Crippen MR) is 109 cm³/mol. The number of guanidine groups is 1. The maximum Gasteiger partial charge on any atom is 0.193 e. The smallest absolute Gasteiger partial charge is 0.193 e. The second-order valence-electron chi connectivity index (χ2n) is 6.74. The van der Waals surface area contributed by atoms with E-state index in [0.717, 1.165) is 50.7 Å². The van der Waals surface area contributed by atoms with Crippen LogP contribution in [0, 0.1) is 13.8 Å². The first kappa shape index (κ1) is 20.7. The number of benzene rings is 1. The lowest BCUT2D eigenvalue weighted by Crippen LogP contribution is -2.41. The van der Waals surface area contributed by atoms with E-state index in [1.165, 1.54) is 11.1 Å². The molecule has 0 atom stereocenters. The molecule has 7 nitrogen and oxygen atoms in total. The molecule has 0 aliphatic rings. The van der Waals surface area contributed by atoms with E-state index in [0.29, 0.717) is 6.61 Å². The van der Waals surface area contributed by atoms with Gasteiger partial charge in [-0.1, -0.05) is 6.07 Å². The fourth-order valence-corrected chi connectivity index (χ4v) is 2.82. The lowest BCUT2D eigenvalue weighted by molar-refractivity contribution is 0.281. The molecule has 0 aliphatic heterocycles. The summed E-state index contributed by atoms with van der Waals surface area (Å²) in [6, 6.07) is 6.29. The number of rotatable bonds is 10. The maximum absolute atomic E-state index is 5.91. The van der Waals surface area contributed by atoms with Gasteiger partial charge in [-0.15, -0.1) is 10.2 Å². The number of unbranched alkanes of at least 4 members (excludes halogenated alkanes) is 1. The number of aryl methyl sites for hydroxylation is 3. The molecule has 0 fully saturated rings. The van der Waals surface area contributed by atoms with Gasteiger partial charge in [-0.25, -0.2) is 0 Å². The number of aromatic nitrogens is 3. The molecule has 0 spiro atoms. The molecule has 0 saturated heterocycles. The number of likely N-dealkylation sites (N-methyl/N-ethyl adjacent to an activating group) is 1. The molecular formula is C20H32N6O. The zero-order valence-electron chi connectivity index (χ0n) is 17.0. The number of nitrogens with one attached hydrogen (secondary N) is 1. The SMILES string of the molecule is CCNC(=NCCCCn1cnnc1)N(C)CCOc1cc(C)cc(C)c1. The monoisotopic (exact) mass is 372 g/mol. The van der Waals surface area contributed by atoms with Gasteiger partial charge in [0.05, 0.1) is 6.54 Å². The summed E-state index contributed by atoms with van der Waals surface area (Å²) in [5, 5.41) is 11.0. The van der Waals surface area contributed by atoms with Gasteiger partial charge in [-0.05, 0) is 56.9 Å². The topological polar surface area (TPSA) is 67.6 Å². The van der Waals surface area contributed by atoms with Crippen molar-refractivity contribution in [3.05, 3.63) is 42.0 Å². The molecule has 27 heavy (non-hydrogen) atoms. The molecule has 7 heteroatoms. The highest BCUT2D eigenvalue weighted by Crippen LogP contribution is 2.16. The molecule has 2 rings (SSSR count). The van der Waals surface area contributed by atoms with Crippen LogP contribution in [0.4, 0.5) is 0 Å². The molecule has 0 aliphatic carbocycles. The Bertz CT molecular complexity index is 678. The van der Waals surface area contributed by atoms with Crippen LogP contribution >= 0.6 is 0 Å². The Morgan fingerprint density at radius 3 is 2.52 bits per heavy atom. The van der Waals surface area contributed by atoms with Crippen LogP contribution in [0.25, 0.3) is 0 Å². The van der Waals surface area contributed by atoms with E-state index in [1.807, 2.05) is 11.6 Å². The Morgan fingerprint density at radius 2 is 1.85 bits per heavy atom. The van der Waals surface area contributed by atoms with E-state index >= 15 is 0 Å². The number of nitrogens with zero attached hydrogens (tertiary/aromatic N) is 5. The third-order valence-electron chi connectivity index (χ3n) is 4.14. The van der Waals surface area contributed by atoms with Gasteiger partial charge in [-0.2, -0.15) is 0 Å². The van der Waals surface area contributed by atoms with Gasteiger partial charge >= 0.3 is 0 Å². The summed E-state index contributed by atoms with van der Waals surface area (Å²) in [5.41, 5.74) is 2.44. The molecule has 0 saturated carbocycles. The molecule has 0 amide bonds. The highest BCUT2D eigenvalue weighted by molar-refractivity contribution is 5.79. The zero-order valence-corrected chi connectivity index (χ0v) is 17.0. The number of hydrogen-bond donors (Lipinski definition) is 1. The first-order valence-electron chi connectivity index (χ1n) is 9.61. The fourth-order valence-electron chi connectivity index (χ4n) is 2.82. The quantitative estimate of drug-likeness (QED) is 0.394. The van der Waals surface area contributed by atoms with E-state index in [9.17, 15) is 0 Å². The van der Waals surface area contributed by atoms with Crippen LogP contribution < -0.4 is 10.1 Å². The minimum atomic E-state index is 0.622. The van der Waals surface area contributed by atoms with Gasteiger partial charge < -0.3 is 19.5 Å². The normalized spacial score (nSPS) is 11.5. The minimum Gasteiger partial charge on any atom is -0.492 e. The van der Waals surface area contributed by atoms with E-state index in [-0.39, 0.29) is 0 Å². The Balaban J connectivity index is 1.74. The highest BCUT2D eigenvalue weighted by atomic mass is 16.5. The van der Waals surface area contributed by atoms with Gasteiger partial charge in [0.1, 0.15) is 25.0 Å². The van der Waals surface area contributed by atoms with Crippen molar-refractivity contribution in [2.45, 2.75) is 40.2 Å². The first-order valence-corrected chi connectivity index (χ1v) is 9.61. The second kappa shape index (κ2) is 11.2. The van der Waals surface area contributed by atoms with Crippen LogP contribution in [-0.2, 0) is 6.54 Å². The molecular weight excluding hydrogens is 340 g/mol. The molecule has 1 aromatic carbocycles. The van der Waals surface area contributed by atoms with Gasteiger partial charge in [0, 0.05) is 26.7 Å². The van der Waals surface area contributed by atoms with Crippen LogP contribution in [0.3, 0.4) is 0 Å². The van der Waals surface area contributed by atoms with Crippen molar-refractivity contribution in [3.8, 4) is 5.75 Å². The standard InChI is InChI=1S/C20H32N6O/c1-5-21-20(22-8-6-7-9-26-15-23-24-16-26)25(4)10-11-27-19-13-17(2)12-18(3)14-19/h12-16H,5-11H2,1-4H3,(H,21,22). The lowest BCUT2D eigenvalue weighted by Gasteiger charge is -2.22. The fraction of sp³-hybridized carbons (Fsp3) is 0.550. The van der Waals surface area contributed by atoms with Crippen molar-refractivity contribution in [1.29, 1.82) is 0 Å². The summed E-state index contributed by atoms with van der Waals surface area (Å²) in [6.45, 7) is 10.2. The Kier molecular flexibility index (Phi) is 8.61. The lowest BCUT2D eigenvalue weighted by atomic mass is 10.1. The van der Waals surface area contributed by atoms with E-state index in [1.54, 1.807) is 12.7 Å². The van der Waals surface area contributed by atoms with E-state index in [2.05, 4.69) is 59.4 Å². The van der Waals surface area contributed by atoms with Crippen LogP contribution in [0.2, 0.25) is 0 Å². The zero-order chi connectivity index (χ0) is 19.5. The summed E-state index contributed by atoms with van der Waals surface area (Å²) < 4.78 is 7.90. The molecule has 0 unspecified atom stereocenters. The Hall–Kier alpha value is -2.57. The summed E-state index contributed by atoms with van der Waals surface area (Å²) in [5.74, 6) is 1.85. The number of ether oxygens (including phenoxy) is 1. The van der Waals surface area contributed by atoms with Crippen LogP contribution in [0.5, 0.6) is 5.75 Å². The van der Waals surface area contributed by atoms with Crippen LogP contribution in [0.1, 0.15) is 30.9 Å². The third-order valence-corrected chi connectivity index (χ3v) is 4.14. The van der Waals surface area contributed by atoms with Gasteiger partial charge in [0.2, 0.25) is 0 Å². The van der Waals surface area contributed by atoms with Gasteiger partial charge in [0.25, 0.3) is 0 Å². The molecule has 0 bridgehead atoms. The van der Waals surface area contributed by atoms with Gasteiger partial charge in [-0.3, -0.25) is 4.99 Å². The summed E-state index contributed by atoms with van der Waals surface area (Å²) in [7, 11) is 2.05. The average molecular weight is 373 g/mol. The average Bonchev–Trinajstić information content (AvgIpc) is 3.13. The molecule has 148 valence electrons. The molecule has 1 N–H and O–H groups in total. The molecule has 2 aromatic rings. The highest BCUT2D eigenvalue weighted by Gasteiger charge is 2.06. The molecule has 1 aromatic heterocycles. The minimum absolute atomic E-state index is 0.622. The van der Waals surface area contributed by atoms with Crippen molar-refractivity contribution in [2.75, 3.05) is 33.3 Å². The van der Waals surface area contributed by atoms with Gasteiger partial charge in [0.15, 0.2) is 5.96 Å². The van der Waals surface area contributed by atoms with Crippen LogP contribution in [0.15, 0.2) is 35.8 Å². The summed E-state index contributed by atoms with van der Waals surface area (Å²) >= 11 is 0. The third kappa shape index (κ3) is 7.68. The second-order valence-corrected chi connectivity index (χ2v) is 6.74. The Morgan fingerprint density at radius 1 is 1.15 bits per heavy atom. The predicted octanol–water partition coefficient (Wildman–Crippen LogP) is 2.65. The Labute approximate surface area is 162 Å². The number of hydrogen-bond acceptors (Lipinski definition) is 4. The first-order chi connectivity index (χ1) is 13.1. The van der Waals surface area contributed by atoms with Crippen molar-refractivity contribution < 1.29 is 4.74 Å². The van der Waals surface area contributed by atoms with Crippen molar-refractivity contribution in [1.82, 2.24) is 25.0 Å². The summed E-state index contributed by atoms with van der Waals surface area (Å²) in [6.07, 6.45) is 5.58. The largest absolute Gasteiger partial charge is 0.492 e. The molecule has 1 heterocycles. The summed E-state index contributed by atoms with van der Waals surface area (Å²) in [4.78, 5) is 6.84. The molecule has 0 radical (unpaired) electrons. The van der Waals surface area contributed by atoms with E-state index < -0.39 is 0 Å². The van der Waals surface area contributed by atoms with Crippen molar-refractivity contribution >= 4 is 5.96 Å². The van der Waals surface area contributed by atoms with Crippen LogP contribution in [-0.4, -0.2) is 58.9 Å².